The first kappa shape index (κ1) is 25.5. The first-order valence-electron chi connectivity index (χ1n) is 12.9. The van der Waals surface area contributed by atoms with Gasteiger partial charge in [-0.25, -0.2) is 0 Å². The summed E-state index contributed by atoms with van der Waals surface area (Å²) in [6.07, 6.45) is 3.82. The first-order valence-corrected chi connectivity index (χ1v) is 12.9. The number of fused-ring (bicyclic) bond motifs is 1. The number of phenols is 1. The van der Waals surface area contributed by atoms with Gasteiger partial charge in [-0.2, -0.15) is 0 Å². The van der Waals surface area contributed by atoms with Gasteiger partial charge in [0, 0.05) is 37.9 Å². The molecule has 6 nitrogen and oxygen atoms in total. The Morgan fingerprint density at radius 3 is 2.44 bits per heavy atom. The number of benzene rings is 3. The third kappa shape index (κ3) is 5.99. The van der Waals surface area contributed by atoms with E-state index in [0.717, 1.165) is 44.5 Å². The second-order valence-electron chi connectivity index (χ2n) is 9.53. The predicted octanol–water partition coefficient (Wildman–Crippen LogP) is 6.25. The summed E-state index contributed by atoms with van der Waals surface area (Å²) >= 11 is 0. The number of nitrogens with zero attached hydrogens (tertiary/aromatic N) is 3. The standard InChI is InChI=1S/C30H37N3O3/c1-4-32(21-23-8-6-22(7-9-23)16-17-33(5-2)31-35)30-20-28(36-3)14-15-29(30)26-11-10-25-19-27(34)13-12-24(25)18-26/h6-9,12-15,19-20,26,34H,4-5,10-11,16-18,21H2,1-3H3/t26-/m1/s1. The lowest BCUT2D eigenvalue weighted by molar-refractivity contribution is 0.303. The Kier molecular flexibility index (Phi) is 8.47. The maximum Gasteiger partial charge on any atom is 0.120 e. The molecule has 4 rings (SSSR count). The molecule has 0 saturated carbocycles. The normalized spacial score (nSPS) is 14.7. The lowest BCUT2D eigenvalue weighted by Crippen LogP contribution is -2.25. The van der Waals surface area contributed by atoms with Crippen LogP contribution in [-0.4, -0.2) is 36.9 Å². The molecule has 0 radical (unpaired) electrons. The van der Waals surface area contributed by atoms with Crippen molar-refractivity contribution in [1.29, 1.82) is 0 Å². The first-order chi connectivity index (χ1) is 17.5. The summed E-state index contributed by atoms with van der Waals surface area (Å²) in [4.78, 5) is 13.2. The van der Waals surface area contributed by atoms with Crippen molar-refractivity contribution in [3.05, 3.63) is 93.4 Å². The molecule has 0 spiro atoms. The van der Waals surface area contributed by atoms with E-state index in [9.17, 15) is 10.0 Å². The summed E-state index contributed by atoms with van der Waals surface area (Å²) in [6, 6.07) is 20.9. The van der Waals surface area contributed by atoms with E-state index in [0.29, 0.717) is 24.8 Å². The number of hydrogen-bond acceptors (Lipinski definition) is 5. The third-order valence-electron chi connectivity index (χ3n) is 7.35. The van der Waals surface area contributed by atoms with Crippen LogP contribution in [0.25, 0.3) is 0 Å². The van der Waals surface area contributed by atoms with Crippen molar-refractivity contribution in [2.45, 2.75) is 52.0 Å². The van der Waals surface area contributed by atoms with Crippen LogP contribution in [0.4, 0.5) is 5.69 Å². The quantitative estimate of drug-likeness (QED) is 0.256. The van der Waals surface area contributed by atoms with Gasteiger partial charge in [-0.1, -0.05) is 36.4 Å². The highest BCUT2D eigenvalue weighted by Crippen LogP contribution is 2.40. The Bertz CT molecular complexity index is 1160. The highest BCUT2D eigenvalue weighted by molar-refractivity contribution is 5.60. The number of nitroso groups, excluding NO2 is 1. The summed E-state index contributed by atoms with van der Waals surface area (Å²) < 4.78 is 5.60. The number of methoxy groups -OCH3 is 1. The van der Waals surface area contributed by atoms with Crippen molar-refractivity contribution in [1.82, 2.24) is 5.01 Å². The number of phenolic OH excluding ortho intramolecular Hbond substituents is 1. The summed E-state index contributed by atoms with van der Waals surface area (Å²) in [5, 5.41) is 14.5. The molecule has 1 atom stereocenters. The largest absolute Gasteiger partial charge is 0.508 e. The van der Waals surface area contributed by atoms with Gasteiger partial charge in [0.15, 0.2) is 0 Å². The average Bonchev–Trinajstić information content (AvgIpc) is 2.92. The number of rotatable bonds is 11. The topological polar surface area (TPSA) is 65.4 Å². The zero-order chi connectivity index (χ0) is 25.5. The molecule has 1 aliphatic rings. The Labute approximate surface area is 214 Å². The van der Waals surface area contributed by atoms with Crippen LogP contribution < -0.4 is 9.64 Å². The minimum absolute atomic E-state index is 0.351. The van der Waals surface area contributed by atoms with E-state index in [2.05, 4.69) is 65.6 Å². The van der Waals surface area contributed by atoms with Gasteiger partial charge < -0.3 is 14.7 Å². The van der Waals surface area contributed by atoms with E-state index in [-0.39, 0.29) is 0 Å². The van der Waals surface area contributed by atoms with E-state index in [1.54, 1.807) is 18.2 Å². The summed E-state index contributed by atoms with van der Waals surface area (Å²) in [6.45, 7) is 7.10. The molecule has 0 saturated heterocycles. The Morgan fingerprint density at radius 1 is 0.972 bits per heavy atom. The van der Waals surface area contributed by atoms with Crippen LogP contribution in [-0.2, 0) is 25.8 Å². The number of anilines is 1. The van der Waals surface area contributed by atoms with Gasteiger partial charge in [0.1, 0.15) is 11.5 Å². The number of ether oxygens (including phenoxy) is 1. The molecule has 0 unspecified atom stereocenters. The molecule has 0 aliphatic heterocycles. The second-order valence-corrected chi connectivity index (χ2v) is 9.53. The van der Waals surface area contributed by atoms with Gasteiger partial charge in [0.25, 0.3) is 0 Å². The maximum atomic E-state index is 10.8. The van der Waals surface area contributed by atoms with Gasteiger partial charge in [0.05, 0.1) is 12.4 Å². The van der Waals surface area contributed by atoms with E-state index >= 15 is 0 Å². The van der Waals surface area contributed by atoms with Crippen LogP contribution in [0.15, 0.2) is 65.9 Å². The second kappa shape index (κ2) is 11.9. The minimum Gasteiger partial charge on any atom is -0.508 e. The zero-order valence-electron chi connectivity index (χ0n) is 21.6. The molecule has 0 aromatic heterocycles. The minimum atomic E-state index is 0.351. The number of hydrogen-bond donors (Lipinski definition) is 1. The molecule has 0 bridgehead atoms. The molecular formula is C30H37N3O3. The van der Waals surface area contributed by atoms with E-state index in [4.69, 9.17) is 4.74 Å². The van der Waals surface area contributed by atoms with Gasteiger partial charge in [0.2, 0.25) is 0 Å². The third-order valence-corrected chi connectivity index (χ3v) is 7.35. The molecule has 1 aliphatic carbocycles. The Hall–Kier alpha value is -3.54. The van der Waals surface area contributed by atoms with Crippen molar-refractivity contribution in [2.24, 2.45) is 5.29 Å². The van der Waals surface area contributed by atoms with E-state index in [1.807, 2.05) is 13.0 Å². The lowest BCUT2D eigenvalue weighted by Gasteiger charge is -2.32. The average molecular weight is 488 g/mol. The van der Waals surface area contributed by atoms with Gasteiger partial charge in [-0.3, -0.25) is 5.01 Å². The van der Waals surface area contributed by atoms with Gasteiger partial charge in [-0.15, -0.1) is 4.91 Å². The number of aryl methyl sites for hydroxylation is 1. The van der Waals surface area contributed by atoms with Crippen molar-refractivity contribution < 1.29 is 9.84 Å². The molecule has 190 valence electrons. The molecule has 3 aromatic rings. The molecule has 1 N–H and O–H groups in total. The molecular weight excluding hydrogens is 450 g/mol. The number of aromatic hydroxyl groups is 1. The smallest absolute Gasteiger partial charge is 0.120 e. The van der Waals surface area contributed by atoms with Crippen LogP contribution in [0.5, 0.6) is 11.5 Å². The fourth-order valence-corrected chi connectivity index (χ4v) is 5.19. The molecule has 3 aromatic carbocycles. The summed E-state index contributed by atoms with van der Waals surface area (Å²) in [5.74, 6) is 1.64. The predicted molar refractivity (Wildman–Crippen MR) is 146 cm³/mol. The van der Waals surface area contributed by atoms with Gasteiger partial charge in [-0.05, 0) is 91.5 Å². The van der Waals surface area contributed by atoms with Crippen LogP contribution in [0.3, 0.4) is 0 Å². The van der Waals surface area contributed by atoms with Crippen molar-refractivity contribution >= 4 is 5.69 Å². The molecule has 0 amide bonds. The Morgan fingerprint density at radius 2 is 1.75 bits per heavy atom. The van der Waals surface area contributed by atoms with E-state index in [1.165, 1.54) is 33.5 Å². The van der Waals surface area contributed by atoms with Crippen molar-refractivity contribution in [3.8, 4) is 11.5 Å². The van der Waals surface area contributed by atoms with Crippen molar-refractivity contribution in [2.75, 3.05) is 31.6 Å². The summed E-state index contributed by atoms with van der Waals surface area (Å²) in [5.41, 5.74) is 7.63. The number of likely N-dealkylation sites (N-methyl/N-ethyl adjacent to an activating group) is 1. The highest BCUT2D eigenvalue weighted by Gasteiger charge is 2.24. The van der Waals surface area contributed by atoms with Crippen LogP contribution in [0.2, 0.25) is 0 Å². The van der Waals surface area contributed by atoms with Crippen LogP contribution in [0, 0.1) is 4.91 Å². The maximum absolute atomic E-state index is 10.8. The van der Waals surface area contributed by atoms with Crippen LogP contribution in [0.1, 0.15) is 54.0 Å². The highest BCUT2D eigenvalue weighted by atomic mass is 16.5. The van der Waals surface area contributed by atoms with Crippen molar-refractivity contribution in [3.63, 3.8) is 0 Å². The molecule has 36 heavy (non-hydrogen) atoms. The van der Waals surface area contributed by atoms with Crippen LogP contribution >= 0.6 is 0 Å². The monoisotopic (exact) mass is 487 g/mol. The molecule has 6 heteroatoms. The molecule has 0 fully saturated rings. The lowest BCUT2D eigenvalue weighted by atomic mass is 9.79. The Balaban J connectivity index is 1.53. The SMILES string of the molecule is CCN(CCc1ccc(CN(CC)c2cc(OC)ccc2[C@@H]2CCc3cc(O)ccc3C2)cc1)N=O. The summed E-state index contributed by atoms with van der Waals surface area (Å²) in [7, 11) is 1.72. The fraction of sp³-hybridized carbons (Fsp3) is 0.400. The zero-order valence-corrected chi connectivity index (χ0v) is 21.6. The fourth-order valence-electron chi connectivity index (χ4n) is 5.19. The molecule has 0 heterocycles. The van der Waals surface area contributed by atoms with Gasteiger partial charge >= 0.3 is 0 Å². The van der Waals surface area contributed by atoms with E-state index < -0.39 is 0 Å².